The molecule has 0 spiro atoms. The first-order chi connectivity index (χ1) is 27.6. The number of hydrogen-bond acceptors (Lipinski definition) is 8. The smallest absolute Gasteiger partial charge is 0.260 e. The fourth-order valence-electron chi connectivity index (χ4n) is 9.77. The molecule has 4 amide bonds. The quantitative estimate of drug-likeness (QED) is 0.0971. The molecular formula is C47H39N3O7. The first-order valence-corrected chi connectivity index (χ1v) is 19.0. The number of ether oxygens (including phenoxy) is 1. The van der Waals surface area contributed by atoms with Crippen LogP contribution in [0, 0.1) is 30.6 Å². The first kappa shape index (κ1) is 35.9. The van der Waals surface area contributed by atoms with E-state index in [0.717, 1.165) is 16.1 Å². The molecule has 2 saturated heterocycles. The van der Waals surface area contributed by atoms with Crippen LogP contribution in [0.25, 0.3) is 0 Å². The van der Waals surface area contributed by atoms with Crippen LogP contribution in [0.1, 0.15) is 51.4 Å². The molecule has 4 aliphatic rings. The van der Waals surface area contributed by atoms with E-state index in [9.17, 15) is 24.3 Å². The Morgan fingerprint density at radius 1 is 0.772 bits per heavy atom. The highest BCUT2D eigenvalue weighted by Gasteiger charge is 2.70. The Hall–Kier alpha value is -6.81. The lowest BCUT2D eigenvalue weighted by Crippen LogP contribution is -2.53. The summed E-state index contributed by atoms with van der Waals surface area (Å²) in [7, 11) is 1.45. The number of nitrogens with zero attached hydrogens (tertiary/aromatic N) is 2. The SMILES string of the molecule is COc1cc([C@H]2C3=CC[C@@H]4C(=O)N(c5ccc(C(=O)c6ccccc6)cc5)C(=O)[C@@H]4[C@@H]3C[C@H]3C(=O)N(Nc4ccc(C)cc4)C(=O)[C@@]23c2ccccc2)ccc1O. The fourth-order valence-corrected chi connectivity index (χ4v) is 9.77. The van der Waals surface area contributed by atoms with Crippen LogP contribution in [0.2, 0.25) is 0 Å². The molecule has 284 valence electrons. The summed E-state index contributed by atoms with van der Waals surface area (Å²) in [6.45, 7) is 1.95. The molecule has 5 aromatic rings. The van der Waals surface area contributed by atoms with Crippen LogP contribution in [0.15, 0.2) is 139 Å². The highest BCUT2D eigenvalue weighted by Crippen LogP contribution is 2.64. The van der Waals surface area contributed by atoms with Crippen LogP contribution >= 0.6 is 0 Å². The van der Waals surface area contributed by atoms with Gasteiger partial charge >= 0.3 is 0 Å². The number of amides is 4. The molecule has 2 heterocycles. The second-order valence-corrected chi connectivity index (χ2v) is 15.3. The van der Waals surface area contributed by atoms with Crippen molar-refractivity contribution in [2.24, 2.45) is 23.7 Å². The van der Waals surface area contributed by atoms with Crippen LogP contribution in [-0.2, 0) is 24.6 Å². The maximum absolute atomic E-state index is 15.4. The predicted octanol–water partition coefficient (Wildman–Crippen LogP) is 7.13. The Kier molecular flexibility index (Phi) is 8.64. The minimum Gasteiger partial charge on any atom is -0.504 e. The lowest BCUT2D eigenvalue weighted by molar-refractivity contribution is -0.138. The minimum absolute atomic E-state index is 0.0863. The van der Waals surface area contributed by atoms with Gasteiger partial charge in [0, 0.05) is 17.0 Å². The van der Waals surface area contributed by atoms with E-state index in [2.05, 4.69) is 5.43 Å². The van der Waals surface area contributed by atoms with E-state index in [1.807, 2.05) is 73.7 Å². The molecule has 0 bridgehead atoms. The van der Waals surface area contributed by atoms with Crippen molar-refractivity contribution in [1.29, 1.82) is 0 Å². The molecule has 5 aromatic carbocycles. The number of imide groups is 2. The maximum Gasteiger partial charge on any atom is 0.260 e. The van der Waals surface area contributed by atoms with E-state index in [4.69, 9.17) is 4.74 Å². The van der Waals surface area contributed by atoms with Gasteiger partial charge in [0.15, 0.2) is 17.3 Å². The van der Waals surface area contributed by atoms with Crippen LogP contribution in [0.4, 0.5) is 11.4 Å². The lowest BCUT2D eigenvalue weighted by atomic mass is 9.49. The normalized spacial score (nSPS) is 25.1. The lowest BCUT2D eigenvalue weighted by Gasteiger charge is -2.50. The molecule has 10 nitrogen and oxygen atoms in total. The van der Waals surface area contributed by atoms with E-state index < -0.39 is 46.8 Å². The molecule has 0 unspecified atom stereocenters. The largest absolute Gasteiger partial charge is 0.504 e. The van der Waals surface area contributed by atoms with E-state index in [1.54, 1.807) is 60.7 Å². The van der Waals surface area contributed by atoms with Gasteiger partial charge in [-0.2, -0.15) is 5.01 Å². The van der Waals surface area contributed by atoms with Gasteiger partial charge in [0.25, 0.3) is 11.8 Å². The number of rotatable bonds is 8. The number of phenolic OH excluding ortho intramolecular Hbond substituents is 1. The summed E-state index contributed by atoms with van der Waals surface area (Å²) in [5, 5.41) is 11.8. The Morgan fingerprint density at radius 2 is 1.44 bits per heavy atom. The van der Waals surface area contributed by atoms with Gasteiger partial charge in [-0.3, -0.25) is 34.3 Å². The Labute approximate surface area is 329 Å². The summed E-state index contributed by atoms with van der Waals surface area (Å²) < 4.78 is 5.56. The Balaban J connectivity index is 1.15. The molecule has 0 aromatic heterocycles. The number of allylic oxidation sites excluding steroid dienone is 2. The topological polar surface area (TPSA) is 133 Å². The van der Waals surface area contributed by atoms with E-state index >= 15 is 4.79 Å². The zero-order valence-corrected chi connectivity index (χ0v) is 31.3. The Morgan fingerprint density at radius 3 is 2.12 bits per heavy atom. The van der Waals surface area contributed by atoms with Gasteiger partial charge in [-0.1, -0.05) is 96.1 Å². The summed E-state index contributed by atoms with van der Waals surface area (Å²) >= 11 is 0. The molecule has 3 fully saturated rings. The Bertz CT molecular complexity index is 2480. The summed E-state index contributed by atoms with van der Waals surface area (Å²) in [6, 6.07) is 37.0. The summed E-state index contributed by atoms with van der Waals surface area (Å²) in [5.41, 5.74) is 6.60. The fraction of sp³-hybridized carbons (Fsp3) is 0.213. The molecule has 6 atom stereocenters. The second-order valence-electron chi connectivity index (χ2n) is 15.3. The number of ketones is 1. The number of anilines is 2. The molecule has 1 saturated carbocycles. The van der Waals surface area contributed by atoms with Gasteiger partial charge in [-0.15, -0.1) is 0 Å². The number of hydrazine groups is 1. The zero-order chi connectivity index (χ0) is 39.6. The van der Waals surface area contributed by atoms with Crippen LogP contribution in [0.3, 0.4) is 0 Å². The average Bonchev–Trinajstić information content (AvgIpc) is 3.62. The molecule has 9 rings (SSSR count). The first-order valence-electron chi connectivity index (χ1n) is 19.0. The number of methoxy groups -OCH3 is 1. The number of fused-ring (bicyclic) bond motifs is 4. The highest BCUT2D eigenvalue weighted by atomic mass is 16.5. The van der Waals surface area contributed by atoms with Crippen molar-refractivity contribution < 1.29 is 33.8 Å². The molecule has 2 aliphatic heterocycles. The van der Waals surface area contributed by atoms with Gasteiger partial charge in [0.05, 0.1) is 41.7 Å². The van der Waals surface area contributed by atoms with E-state index in [1.165, 1.54) is 18.1 Å². The summed E-state index contributed by atoms with van der Waals surface area (Å²) in [4.78, 5) is 73.6. The third-order valence-electron chi connectivity index (χ3n) is 12.4. The molecule has 57 heavy (non-hydrogen) atoms. The molecule has 2 N–H and O–H groups in total. The van der Waals surface area contributed by atoms with Crippen molar-refractivity contribution in [3.05, 3.63) is 167 Å². The number of hydrogen-bond donors (Lipinski definition) is 2. The third-order valence-corrected chi connectivity index (χ3v) is 12.4. The van der Waals surface area contributed by atoms with Gasteiger partial charge < -0.3 is 9.84 Å². The monoisotopic (exact) mass is 757 g/mol. The van der Waals surface area contributed by atoms with Crippen LogP contribution < -0.4 is 15.1 Å². The number of carbonyl (C=O) groups is 5. The van der Waals surface area contributed by atoms with E-state index in [0.29, 0.717) is 33.6 Å². The molecule has 0 radical (unpaired) electrons. The zero-order valence-electron chi connectivity index (χ0n) is 31.3. The number of nitrogens with one attached hydrogen (secondary N) is 1. The number of phenols is 1. The molecular weight excluding hydrogens is 719 g/mol. The standard InChI is InChI=1S/C47H39N3O7/c1-27-13-18-32(19-14-27)48-50-44(54)37-26-36-34(41(30-17-24-38(51)39(25-30)57-2)47(37,46(50)56)31-11-7-4-8-12-31)22-23-35-40(36)45(55)49(43(35)53)33-20-15-29(16-21-33)42(52)28-9-5-3-6-10-28/h3-22,24-25,35-37,40-41,48,51H,23,26H2,1-2H3/t35-,36+,37-,40-,41-,47+/m0/s1. The van der Waals surface area contributed by atoms with Crippen LogP contribution in [0.5, 0.6) is 11.5 Å². The number of benzene rings is 5. The second kappa shape index (κ2) is 13.7. The van der Waals surface area contributed by atoms with Crippen molar-refractivity contribution >= 4 is 40.8 Å². The molecule has 2 aliphatic carbocycles. The van der Waals surface area contributed by atoms with Crippen molar-refractivity contribution in [1.82, 2.24) is 5.01 Å². The van der Waals surface area contributed by atoms with Crippen molar-refractivity contribution in [2.75, 3.05) is 17.4 Å². The summed E-state index contributed by atoms with van der Waals surface area (Å²) in [6.07, 6.45) is 2.37. The number of aromatic hydroxyl groups is 1. The van der Waals surface area contributed by atoms with Crippen molar-refractivity contribution in [2.45, 2.75) is 31.1 Å². The third kappa shape index (κ3) is 5.50. The highest BCUT2D eigenvalue weighted by molar-refractivity contribution is 6.23. The number of carbonyl (C=O) groups excluding carboxylic acids is 5. The predicted molar refractivity (Wildman–Crippen MR) is 212 cm³/mol. The van der Waals surface area contributed by atoms with Crippen molar-refractivity contribution in [3.8, 4) is 11.5 Å². The average molecular weight is 758 g/mol. The van der Waals surface area contributed by atoms with Gasteiger partial charge in [-0.05, 0) is 85.3 Å². The van der Waals surface area contributed by atoms with Crippen molar-refractivity contribution in [3.63, 3.8) is 0 Å². The van der Waals surface area contributed by atoms with E-state index in [-0.39, 0.29) is 41.9 Å². The van der Waals surface area contributed by atoms with Gasteiger partial charge in [0.1, 0.15) is 0 Å². The summed E-state index contributed by atoms with van der Waals surface area (Å²) in [5.74, 6) is -5.46. The maximum atomic E-state index is 15.4. The van der Waals surface area contributed by atoms with Crippen LogP contribution in [-0.4, -0.2) is 46.6 Å². The molecule has 10 heteroatoms. The van der Waals surface area contributed by atoms with Gasteiger partial charge in [-0.25, -0.2) is 0 Å². The number of aryl methyl sites for hydroxylation is 1. The minimum atomic E-state index is -1.46. The van der Waals surface area contributed by atoms with Gasteiger partial charge in [0.2, 0.25) is 11.8 Å².